The summed E-state index contributed by atoms with van der Waals surface area (Å²) in [5, 5.41) is 12.6. The Bertz CT molecular complexity index is 440. The lowest BCUT2D eigenvalue weighted by molar-refractivity contribution is 0.0522. The number of hydrogen-bond acceptors (Lipinski definition) is 4. The largest absolute Gasteiger partial charge is 0.393 e. The van der Waals surface area contributed by atoms with E-state index in [-0.39, 0.29) is 12.0 Å². The third-order valence-electron chi connectivity index (χ3n) is 3.83. The van der Waals surface area contributed by atoms with Crippen LogP contribution in [0.4, 0.5) is 5.69 Å². The van der Waals surface area contributed by atoms with Crippen LogP contribution in [-0.4, -0.2) is 47.1 Å². The van der Waals surface area contributed by atoms with Crippen molar-refractivity contribution in [2.45, 2.75) is 25.9 Å². The Morgan fingerprint density at radius 3 is 2.79 bits per heavy atom. The number of likely N-dealkylation sites (tertiary alicyclic amines) is 1. The van der Waals surface area contributed by atoms with Gasteiger partial charge < -0.3 is 15.3 Å². The second-order valence-corrected chi connectivity index (χ2v) is 5.04. The summed E-state index contributed by atoms with van der Waals surface area (Å²) in [5.74, 6) is 0.348. The molecular weight excluding hydrogens is 242 g/mol. The quantitative estimate of drug-likeness (QED) is 0.864. The summed E-state index contributed by atoms with van der Waals surface area (Å²) in [7, 11) is 1.79. The molecule has 2 N–H and O–H groups in total. The number of aromatic nitrogens is 1. The first-order valence-corrected chi connectivity index (χ1v) is 6.72. The Kier molecular flexibility index (Phi) is 4.37. The normalized spacial score (nSPS) is 18.2. The van der Waals surface area contributed by atoms with Crippen LogP contribution in [0.15, 0.2) is 18.5 Å². The molecule has 0 aromatic carbocycles. The molecule has 0 spiro atoms. The minimum absolute atomic E-state index is 0.0378. The number of nitrogens with zero attached hydrogens (tertiary/aromatic N) is 2. The van der Waals surface area contributed by atoms with Crippen molar-refractivity contribution >= 4 is 11.6 Å². The van der Waals surface area contributed by atoms with Crippen molar-refractivity contribution in [3.05, 3.63) is 24.0 Å². The highest BCUT2D eigenvalue weighted by atomic mass is 16.3. The standard InChI is InChI=1S/C14H21N3O2/c1-10(18)11-4-7-17(8-5-11)14(19)12-3-6-16-9-13(12)15-2/h3,6,9-11,15,18H,4-5,7-8H2,1-2H3. The zero-order chi connectivity index (χ0) is 13.8. The Morgan fingerprint density at radius 1 is 1.53 bits per heavy atom. The maximum atomic E-state index is 12.5. The lowest BCUT2D eigenvalue weighted by atomic mass is 9.92. The minimum Gasteiger partial charge on any atom is -0.393 e. The molecule has 0 radical (unpaired) electrons. The number of pyridine rings is 1. The molecule has 104 valence electrons. The summed E-state index contributed by atoms with van der Waals surface area (Å²) in [5.41, 5.74) is 1.41. The zero-order valence-electron chi connectivity index (χ0n) is 11.5. The van der Waals surface area contributed by atoms with E-state index in [4.69, 9.17) is 0 Å². The van der Waals surface area contributed by atoms with Gasteiger partial charge in [0.25, 0.3) is 5.91 Å². The monoisotopic (exact) mass is 263 g/mol. The van der Waals surface area contributed by atoms with Gasteiger partial charge in [0.1, 0.15) is 0 Å². The highest BCUT2D eigenvalue weighted by Gasteiger charge is 2.26. The van der Waals surface area contributed by atoms with Gasteiger partial charge in [-0.15, -0.1) is 0 Å². The number of aliphatic hydroxyl groups is 1. The molecule has 1 saturated heterocycles. The molecule has 0 saturated carbocycles. The topological polar surface area (TPSA) is 65.5 Å². The molecule has 1 amide bonds. The third-order valence-corrected chi connectivity index (χ3v) is 3.83. The first-order valence-electron chi connectivity index (χ1n) is 6.72. The smallest absolute Gasteiger partial charge is 0.256 e. The molecule has 1 aliphatic rings. The molecule has 1 unspecified atom stereocenters. The number of nitrogens with one attached hydrogen (secondary N) is 1. The number of piperidine rings is 1. The van der Waals surface area contributed by atoms with Crippen molar-refractivity contribution in [3.63, 3.8) is 0 Å². The zero-order valence-corrected chi connectivity index (χ0v) is 11.5. The fourth-order valence-electron chi connectivity index (χ4n) is 2.54. The fraction of sp³-hybridized carbons (Fsp3) is 0.571. The Hall–Kier alpha value is -1.62. The Balaban J connectivity index is 2.05. The van der Waals surface area contributed by atoms with Crippen molar-refractivity contribution in [3.8, 4) is 0 Å². The van der Waals surface area contributed by atoms with Crippen LogP contribution in [-0.2, 0) is 0 Å². The summed E-state index contributed by atoms with van der Waals surface area (Å²) in [6, 6.07) is 1.74. The molecule has 5 heteroatoms. The molecule has 19 heavy (non-hydrogen) atoms. The average Bonchev–Trinajstić information content (AvgIpc) is 2.46. The van der Waals surface area contributed by atoms with Gasteiger partial charge in [0.2, 0.25) is 0 Å². The van der Waals surface area contributed by atoms with Crippen LogP contribution >= 0.6 is 0 Å². The summed E-state index contributed by atoms with van der Waals surface area (Å²) in [6.07, 6.45) is 4.74. The molecule has 1 aromatic heterocycles. The van der Waals surface area contributed by atoms with Gasteiger partial charge in [-0.05, 0) is 31.7 Å². The van der Waals surface area contributed by atoms with Gasteiger partial charge in [-0.1, -0.05) is 0 Å². The van der Waals surface area contributed by atoms with Crippen LogP contribution in [0.3, 0.4) is 0 Å². The van der Waals surface area contributed by atoms with Crippen LogP contribution in [0.1, 0.15) is 30.1 Å². The van der Waals surface area contributed by atoms with Crippen molar-refractivity contribution in [1.29, 1.82) is 0 Å². The second-order valence-electron chi connectivity index (χ2n) is 5.04. The predicted octanol–water partition coefficient (Wildman–Crippen LogP) is 1.36. The van der Waals surface area contributed by atoms with E-state index < -0.39 is 0 Å². The second kappa shape index (κ2) is 6.02. The molecule has 2 heterocycles. The number of aliphatic hydroxyl groups excluding tert-OH is 1. The van der Waals surface area contributed by atoms with Gasteiger partial charge in [0.15, 0.2) is 0 Å². The van der Waals surface area contributed by atoms with Crippen LogP contribution in [0.5, 0.6) is 0 Å². The first kappa shape index (κ1) is 13.8. The van der Waals surface area contributed by atoms with Gasteiger partial charge in [0, 0.05) is 26.3 Å². The van der Waals surface area contributed by atoms with Gasteiger partial charge in [0.05, 0.1) is 23.6 Å². The van der Waals surface area contributed by atoms with Crippen molar-refractivity contribution < 1.29 is 9.90 Å². The highest BCUT2D eigenvalue weighted by molar-refractivity contribution is 5.99. The Labute approximate surface area is 113 Å². The number of amides is 1. The number of anilines is 1. The lowest BCUT2D eigenvalue weighted by Crippen LogP contribution is -2.40. The van der Waals surface area contributed by atoms with E-state index in [0.717, 1.165) is 18.5 Å². The van der Waals surface area contributed by atoms with Crippen LogP contribution in [0, 0.1) is 5.92 Å². The summed E-state index contributed by atoms with van der Waals surface area (Å²) >= 11 is 0. The molecular formula is C14H21N3O2. The summed E-state index contributed by atoms with van der Waals surface area (Å²) < 4.78 is 0. The highest BCUT2D eigenvalue weighted by Crippen LogP contribution is 2.23. The van der Waals surface area contributed by atoms with E-state index in [0.29, 0.717) is 24.6 Å². The van der Waals surface area contributed by atoms with Gasteiger partial charge >= 0.3 is 0 Å². The van der Waals surface area contributed by atoms with Crippen molar-refractivity contribution in [2.24, 2.45) is 5.92 Å². The summed E-state index contributed by atoms with van der Waals surface area (Å²) in [4.78, 5) is 18.3. The van der Waals surface area contributed by atoms with E-state index in [1.807, 2.05) is 11.8 Å². The van der Waals surface area contributed by atoms with Crippen LogP contribution in [0.25, 0.3) is 0 Å². The minimum atomic E-state index is -0.286. The van der Waals surface area contributed by atoms with Gasteiger partial charge in [-0.25, -0.2) is 0 Å². The van der Waals surface area contributed by atoms with E-state index in [9.17, 15) is 9.90 Å². The number of hydrogen-bond donors (Lipinski definition) is 2. The van der Waals surface area contributed by atoms with Gasteiger partial charge in [-0.3, -0.25) is 9.78 Å². The molecule has 1 aliphatic heterocycles. The molecule has 0 aliphatic carbocycles. The van der Waals surface area contributed by atoms with Crippen LogP contribution in [0.2, 0.25) is 0 Å². The van der Waals surface area contributed by atoms with Crippen LogP contribution < -0.4 is 5.32 Å². The number of carbonyl (C=O) groups is 1. The Morgan fingerprint density at radius 2 is 2.21 bits per heavy atom. The number of rotatable bonds is 3. The van der Waals surface area contributed by atoms with Gasteiger partial charge in [-0.2, -0.15) is 0 Å². The summed E-state index contributed by atoms with van der Waals surface area (Å²) in [6.45, 7) is 3.24. The van der Waals surface area contributed by atoms with E-state index >= 15 is 0 Å². The maximum absolute atomic E-state index is 12.5. The molecule has 2 rings (SSSR count). The first-order chi connectivity index (χ1) is 9.13. The number of carbonyl (C=O) groups excluding carboxylic acids is 1. The van der Waals surface area contributed by atoms with E-state index in [1.165, 1.54) is 0 Å². The molecule has 0 bridgehead atoms. The SMILES string of the molecule is CNc1cnccc1C(=O)N1CCC(C(C)O)CC1. The molecule has 1 aromatic rings. The van der Waals surface area contributed by atoms with Crippen molar-refractivity contribution in [2.75, 3.05) is 25.5 Å². The molecule has 5 nitrogen and oxygen atoms in total. The molecule has 1 fully saturated rings. The lowest BCUT2D eigenvalue weighted by Gasteiger charge is -2.33. The molecule has 1 atom stereocenters. The fourth-order valence-corrected chi connectivity index (χ4v) is 2.54. The average molecular weight is 263 g/mol. The third kappa shape index (κ3) is 3.04. The van der Waals surface area contributed by atoms with Crippen molar-refractivity contribution in [1.82, 2.24) is 9.88 Å². The predicted molar refractivity (Wildman–Crippen MR) is 74.1 cm³/mol. The van der Waals surface area contributed by atoms with E-state index in [1.54, 1.807) is 25.5 Å². The van der Waals surface area contributed by atoms with E-state index in [2.05, 4.69) is 10.3 Å². The maximum Gasteiger partial charge on any atom is 0.256 e.